The van der Waals surface area contributed by atoms with Crippen molar-refractivity contribution in [2.75, 3.05) is 0 Å². The van der Waals surface area contributed by atoms with Crippen molar-refractivity contribution in [2.45, 2.75) is 11.9 Å². The Bertz CT molecular complexity index is 278. The maximum absolute atomic E-state index is 8.38. The highest BCUT2D eigenvalue weighted by Gasteiger charge is 2.03. The Morgan fingerprint density at radius 1 is 1.91 bits per heavy atom. The zero-order valence-electron chi connectivity index (χ0n) is 5.54. The lowest BCUT2D eigenvalue weighted by molar-refractivity contribution is 0.631. The molecule has 1 aromatic rings. The fraction of sp³-hybridized carbons (Fsp3) is 0.333. The Labute approximate surface area is 83.1 Å². The van der Waals surface area contributed by atoms with Gasteiger partial charge in [0.2, 0.25) is 0 Å². The van der Waals surface area contributed by atoms with Crippen molar-refractivity contribution >= 4 is 34.2 Å². The summed E-state index contributed by atoms with van der Waals surface area (Å²) in [5.74, 6) is 0. The molecule has 5 heteroatoms. The molecule has 0 aliphatic heterocycles. The topological polar surface area (TPSA) is 41.6 Å². The second-order valence-electron chi connectivity index (χ2n) is 1.98. The average molecular weight is 281 g/mol. The summed E-state index contributed by atoms with van der Waals surface area (Å²) in [7, 11) is 0. The molecule has 3 nitrogen and oxygen atoms in total. The van der Waals surface area contributed by atoms with Gasteiger partial charge in [0.1, 0.15) is 5.38 Å². The average Bonchev–Trinajstić information content (AvgIpc) is 2.35. The van der Waals surface area contributed by atoms with Gasteiger partial charge in [-0.3, -0.25) is 4.68 Å². The number of nitrogens with zero attached hydrogens (tertiary/aromatic N) is 3. The van der Waals surface area contributed by atoms with Crippen molar-refractivity contribution < 1.29 is 0 Å². The van der Waals surface area contributed by atoms with Crippen LogP contribution in [0, 0.1) is 14.9 Å². The summed E-state index contributed by atoms with van der Waals surface area (Å²) in [6.45, 7) is 0.445. The van der Waals surface area contributed by atoms with Gasteiger partial charge in [-0.05, 0) is 22.6 Å². The molecule has 0 aliphatic carbocycles. The number of aromatic nitrogens is 2. The van der Waals surface area contributed by atoms with E-state index in [0.717, 1.165) is 3.57 Å². The van der Waals surface area contributed by atoms with E-state index >= 15 is 0 Å². The molecule has 0 spiro atoms. The van der Waals surface area contributed by atoms with Crippen LogP contribution in [-0.4, -0.2) is 15.2 Å². The third kappa shape index (κ3) is 2.67. The van der Waals surface area contributed by atoms with Gasteiger partial charge in [-0.2, -0.15) is 10.4 Å². The van der Waals surface area contributed by atoms with Crippen LogP contribution in [0.25, 0.3) is 0 Å². The van der Waals surface area contributed by atoms with Gasteiger partial charge in [0, 0.05) is 6.20 Å². The second-order valence-corrected chi connectivity index (χ2v) is 3.75. The SMILES string of the molecule is N#CC(Cl)Cn1cc(I)cn1. The zero-order chi connectivity index (χ0) is 8.27. The van der Waals surface area contributed by atoms with Crippen LogP contribution in [0.15, 0.2) is 12.4 Å². The van der Waals surface area contributed by atoms with Crippen molar-refractivity contribution in [1.29, 1.82) is 5.26 Å². The molecule has 0 fully saturated rings. The van der Waals surface area contributed by atoms with E-state index in [4.69, 9.17) is 16.9 Å². The Morgan fingerprint density at radius 2 is 2.64 bits per heavy atom. The molecule has 1 aromatic heterocycles. The number of hydrogen-bond donors (Lipinski definition) is 0. The molecule has 0 bridgehead atoms. The smallest absolute Gasteiger partial charge is 0.140 e. The molecule has 0 N–H and O–H groups in total. The third-order valence-electron chi connectivity index (χ3n) is 1.09. The molecule has 1 rings (SSSR count). The lowest BCUT2D eigenvalue weighted by Gasteiger charge is -1.98. The minimum Gasteiger partial charge on any atom is -0.269 e. The van der Waals surface area contributed by atoms with E-state index in [2.05, 4.69) is 27.7 Å². The van der Waals surface area contributed by atoms with Crippen LogP contribution in [0.5, 0.6) is 0 Å². The minimum atomic E-state index is -0.495. The molecule has 0 saturated carbocycles. The van der Waals surface area contributed by atoms with Gasteiger partial charge in [-0.25, -0.2) is 0 Å². The summed E-state index contributed by atoms with van der Waals surface area (Å²) in [6.07, 6.45) is 3.56. The number of rotatable bonds is 2. The van der Waals surface area contributed by atoms with Crippen molar-refractivity contribution in [2.24, 2.45) is 0 Å². The van der Waals surface area contributed by atoms with E-state index in [0.29, 0.717) is 6.54 Å². The summed E-state index contributed by atoms with van der Waals surface area (Å²) < 4.78 is 2.70. The van der Waals surface area contributed by atoms with Gasteiger partial charge in [0.15, 0.2) is 0 Å². The van der Waals surface area contributed by atoms with Crippen LogP contribution in [0.4, 0.5) is 0 Å². The second kappa shape index (κ2) is 3.93. The quantitative estimate of drug-likeness (QED) is 0.610. The number of nitriles is 1. The van der Waals surface area contributed by atoms with E-state index < -0.39 is 5.38 Å². The Balaban J connectivity index is 2.59. The maximum atomic E-state index is 8.38. The van der Waals surface area contributed by atoms with Gasteiger partial charge in [0.05, 0.1) is 22.4 Å². The zero-order valence-corrected chi connectivity index (χ0v) is 8.45. The van der Waals surface area contributed by atoms with Crippen LogP contribution >= 0.6 is 34.2 Å². The number of halogens is 2. The van der Waals surface area contributed by atoms with Gasteiger partial charge in [-0.1, -0.05) is 0 Å². The first-order valence-corrected chi connectivity index (χ1v) is 4.45. The molecule has 1 unspecified atom stereocenters. The molecule has 58 valence electrons. The molecule has 0 amide bonds. The van der Waals surface area contributed by atoms with Crippen LogP contribution < -0.4 is 0 Å². The molecule has 1 atom stereocenters. The fourth-order valence-corrected chi connectivity index (χ4v) is 1.23. The monoisotopic (exact) mass is 281 g/mol. The molecule has 0 saturated heterocycles. The van der Waals surface area contributed by atoms with Crippen molar-refractivity contribution in [1.82, 2.24) is 9.78 Å². The van der Waals surface area contributed by atoms with Gasteiger partial charge in [-0.15, -0.1) is 11.6 Å². The lowest BCUT2D eigenvalue weighted by Crippen LogP contribution is -2.08. The van der Waals surface area contributed by atoms with Crippen LogP contribution in [0.2, 0.25) is 0 Å². The van der Waals surface area contributed by atoms with Crippen molar-refractivity contribution in [3.05, 3.63) is 16.0 Å². The summed E-state index contributed by atoms with van der Waals surface area (Å²) in [5, 5.41) is 11.9. The molecule has 1 heterocycles. The largest absolute Gasteiger partial charge is 0.269 e. The summed E-state index contributed by atoms with van der Waals surface area (Å²) >= 11 is 7.73. The third-order valence-corrected chi connectivity index (χ3v) is 1.88. The van der Waals surface area contributed by atoms with Gasteiger partial charge < -0.3 is 0 Å². The molecular formula is C6H5ClIN3. The predicted octanol–water partition coefficient (Wildman–Crippen LogP) is 1.62. The Morgan fingerprint density at radius 3 is 3.09 bits per heavy atom. The number of hydrogen-bond acceptors (Lipinski definition) is 2. The molecule has 0 radical (unpaired) electrons. The Hall–Kier alpha value is -0.280. The molecule has 11 heavy (non-hydrogen) atoms. The fourth-order valence-electron chi connectivity index (χ4n) is 0.643. The maximum Gasteiger partial charge on any atom is 0.140 e. The van der Waals surface area contributed by atoms with E-state index in [-0.39, 0.29) is 0 Å². The Kier molecular flexibility index (Phi) is 3.15. The van der Waals surface area contributed by atoms with Gasteiger partial charge in [0.25, 0.3) is 0 Å². The minimum absolute atomic E-state index is 0.445. The lowest BCUT2D eigenvalue weighted by atomic mass is 10.5. The first-order valence-electron chi connectivity index (χ1n) is 2.94. The van der Waals surface area contributed by atoms with E-state index in [1.54, 1.807) is 10.9 Å². The highest BCUT2D eigenvalue weighted by molar-refractivity contribution is 14.1. The molecule has 0 aliphatic rings. The normalized spacial score (nSPS) is 12.5. The highest BCUT2D eigenvalue weighted by atomic mass is 127. The van der Waals surface area contributed by atoms with Crippen LogP contribution in [0.3, 0.4) is 0 Å². The van der Waals surface area contributed by atoms with E-state index in [9.17, 15) is 0 Å². The van der Waals surface area contributed by atoms with Crippen LogP contribution in [-0.2, 0) is 6.54 Å². The molecule has 0 aromatic carbocycles. The van der Waals surface area contributed by atoms with E-state index in [1.807, 2.05) is 12.3 Å². The first kappa shape index (κ1) is 8.81. The first-order chi connectivity index (χ1) is 5.22. The summed E-state index contributed by atoms with van der Waals surface area (Å²) in [4.78, 5) is 0. The predicted molar refractivity (Wildman–Crippen MR) is 50.2 cm³/mol. The van der Waals surface area contributed by atoms with E-state index in [1.165, 1.54) is 0 Å². The number of alkyl halides is 1. The summed E-state index contributed by atoms with van der Waals surface area (Å²) in [5.41, 5.74) is 0. The van der Waals surface area contributed by atoms with Gasteiger partial charge >= 0.3 is 0 Å². The standard InChI is InChI=1S/C6H5ClIN3/c7-5(1-9)3-11-4-6(8)2-10-11/h2,4-5H,3H2. The van der Waals surface area contributed by atoms with Crippen molar-refractivity contribution in [3.63, 3.8) is 0 Å². The highest BCUT2D eigenvalue weighted by Crippen LogP contribution is 2.03. The summed E-state index contributed by atoms with van der Waals surface area (Å²) in [6, 6.07) is 1.92. The molecular weight excluding hydrogens is 276 g/mol. The van der Waals surface area contributed by atoms with Crippen LogP contribution in [0.1, 0.15) is 0 Å². The van der Waals surface area contributed by atoms with Crippen molar-refractivity contribution in [3.8, 4) is 6.07 Å².